The Balaban J connectivity index is 1.32. The van der Waals surface area contributed by atoms with Crippen LogP contribution in [-0.4, -0.2) is 69.3 Å². The molecule has 2 aliphatic rings. The molecule has 1 aliphatic heterocycles. The summed E-state index contributed by atoms with van der Waals surface area (Å²) in [4.78, 5) is 26.3. The third-order valence-corrected chi connectivity index (χ3v) is 7.62. The van der Waals surface area contributed by atoms with Crippen molar-refractivity contribution in [2.24, 2.45) is 0 Å². The molecule has 3 aromatic rings. The van der Waals surface area contributed by atoms with Crippen molar-refractivity contribution in [1.82, 2.24) is 24.1 Å². The van der Waals surface area contributed by atoms with Gasteiger partial charge in [-0.25, -0.2) is 4.98 Å². The number of fused-ring (bicyclic) bond motifs is 1. The van der Waals surface area contributed by atoms with Crippen molar-refractivity contribution in [2.45, 2.75) is 38.1 Å². The van der Waals surface area contributed by atoms with Crippen LogP contribution < -0.4 is 10.6 Å². The van der Waals surface area contributed by atoms with Gasteiger partial charge in [0.15, 0.2) is 0 Å². The number of aromatic nitrogens is 3. The second-order valence-corrected chi connectivity index (χ2v) is 10.0. The smallest absolute Gasteiger partial charge is 0.273 e. The summed E-state index contributed by atoms with van der Waals surface area (Å²) in [5.74, 6) is 1.42. The SMILES string of the molecule is CN1CCN(C(=O)c2cc(Nc3nc(NC4CCCCC4)c4sccc4n3)sn2)CC1. The van der Waals surface area contributed by atoms with Gasteiger partial charge in [0.2, 0.25) is 5.95 Å². The van der Waals surface area contributed by atoms with Gasteiger partial charge in [-0.1, -0.05) is 19.3 Å². The van der Waals surface area contributed by atoms with Crippen molar-refractivity contribution < 1.29 is 4.79 Å². The molecule has 0 spiro atoms. The second-order valence-electron chi connectivity index (χ2n) is 8.31. The molecule has 0 unspecified atom stereocenters. The molecule has 164 valence electrons. The van der Waals surface area contributed by atoms with E-state index in [-0.39, 0.29) is 5.91 Å². The predicted octanol–water partition coefficient (Wildman–Crippen LogP) is 4.02. The Labute approximate surface area is 189 Å². The van der Waals surface area contributed by atoms with Crippen molar-refractivity contribution in [3.63, 3.8) is 0 Å². The van der Waals surface area contributed by atoms with Crippen LogP contribution in [0.25, 0.3) is 10.2 Å². The number of nitrogens with one attached hydrogen (secondary N) is 2. The number of anilines is 3. The molecule has 31 heavy (non-hydrogen) atoms. The Bertz CT molecular complexity index is 1050. The Morgan fingerprint density at radius 3 is 2.74 bits per heavy atom. The van der Waals surface area contributed by atoms with Crippen LogP contribution in [0.3, 0.4) is 0 Å². The van der Waals surface area contributed by atoms with Gasteiger partial charge in [0.25, 0.3) is 5.91 Å². The van der Waals surface area contributed by atoms with Crippen LogP contribution in [0.2, 0.25) is 0 Å². The van der Waals surface area contributed by atoms with E-state index in [2.05, 4.69) is 37.3 Å². The molecule has 1 saturated carbocycles. The molecule has 2 fully saturated rings. The number of amides is 1. The lowest BCUT2D eigenvalue weighted by molar-refractivity contribution is 0.0659. The molecule has 8 nitrogen and oxygen atoms in total. The molecule has 2 N–H and O–H groups in total. The zero-order valence-corrected chi connectivity index (χ0v) is 19.3. The summed E-state index contributed by atoms with van der Waals surface area (Å²) < 4.78 is 5.47. The summed E-state index contributed by atoms with van der Waals surface area (Å²) in [6.07, 6.45) is 6.24. The molecule has 3 aromatic heterocycles. The monoisotopic (exact) mass is 457 g/mol. The molecule has 1 saturated heterocycles. The van der Waals surface area contributed by atoms with E-state index in [9.17, 15) is 4.79 Å². The van der Waals surface area contributed by atoms with Crippen LogP contribution in [0.5, 0.6) is 0 Å². The highest BCUT2D eigenvalue weighted by Crippen LogP contribution is 2.31. The van der Waals surface area contributed by atoms with Gasteiger partial charge in [0.1, 0.15) is 16.5 Å². The molecule has 0 bridgehead atoms. The van der Waals surface area contributed by atoms with E-state index >= 15 is 0 Å². The largest absolute Gasteiger partial charge is 0.366 e. The van der Waals surface area contributed by atoms with Crippen molar-refractivity contribution in [2.75, 3.05) is 43.9 Å². The van der Waals surface area contributed by atoms with E-state index in [0.29, 0.717) is 17.7 Å². The Hall–Kier alpha value is -2.30. The Morgan fingerprint density at radius 2 is 1.94 bits per heavy atom. The summed E-state index contributed by atoms with van der Waals surface area (Å²) in [6.45, 7) is 3.27. The molecular formula is C21H27N7OS2. The number of hydrogen-bond donors (Lipinski definition) is 2. The van der Waals surface area contributed by atoms with Crippen LogP contribution in [-0.2, 0) is 0 Å². The highest BCUT2D eigenvalue weighted by Gasteiger charge is 2.23. The van der Waals surface area contributed by atoms with E-state index in [0.717, 1.165) is 47.2 Å². The maximum Gasteiger partial charge on any atom is 0.273 e. The minimum Gasteiger partial charge on any atom is -0.366 e. The van der Waals surface area contributed by atoms with Gasteiger partial charge in [-0.3, -0.25) is 4.79 Å². The van der Waals surface area contributed by atoms with Gasteiger partial charge >= 0.3 is 0 Å². The number of carbonyl (C=O) groups excluding carboxylic acids is 1. The first-order valence-electron chi connectivity index (χ1n) is 10.9. The average Bonchev–Trinajstić information content (AvgIpc) is 3.44. The standard InChI is InChI=1S/C21H27N7OS2/c1-27-8-10-28(11-9-27)20(29)16-13-17(31-26-16)24-21-23-15-7-12-30-18(15)19(25-21)22-14-5-3-2-4-6-14/h7,12-14H,2-6,8-11H2,1H3,(H2,22,23,24,25). The first-order chi connectivity index (χ1) is 15.2. The molecule has 10 heteroatoms. The second kappa shape index (κ2) is 9.05. The van der Waals surface area contributed by atoms with Crippen LogP contribution in [0.15, 0.2) is 17.5 Å². The molecule has 1 amide bonds. The van der Waals surface area contributed by atoms with Crippen LogP contribution >= 0.6 is 22.9 Å². The van der Waals surface area contributed by atoms with Crippen LogP contribution in [0, 0.1) is 0 Å². The van der Waals surface area contributed by atoms with E-state index in [1.54, 1.807) is 17.4 Å². The third-order valence-electron chi connectivity index (χ3n) is 6.00. The lowest BCUT2D eigenvalue weighted by atomic mass is 9.95. The molecule has 0 atom stereocenters. The summed E-state index contributed by atoms with van der Waals surface area (Å²) in [5, 5.41) is 9.74. The zero-order valence-electron chi connectivity index (χ0n) is 17.6. The molecular weight excluding hydrogens is 430 g/mol. The number of piperazine rings is 1. The summed E-state index contributed by atoms with van der Waals surface area (Å²) in [6, 6.07) is 4.30. The number of nitrogens with zero attached hydrogens (tertiary/aromatic N) is 5. The fourth-order valence-electron chi connectivity index (χ4n) is 4.17. The van der Waals surface area contributed by atoms with Crippen molar-refractivity contribution in [1.29, 1.82) is 0 Å². The van der Waals surface area contributed by atoms with Gasteiger partial charge in [0.05, 0.1) is 10.2 Å². The summed E-state index contributed by atoms with van der Waals surface area (Å²) >= 11 is 2.93. The van der Waals surface area contributed by atoms with E-state index in [1.807, 2.05) is 11.0 Å². The lowest BCUT2D eigenvalue weighted by Crippen LogP contribution is -2.47. The van der Waals surface area contributed by atoms with Gasteiger partial charge in [-0.15, -0.1) is 11.3 Å². The van der Waals surface area contributed by atoms with E-state index in [4.69, 9.17) is 4.98 Å². The van der Waals surface area contributed by atoms with E-state index in [1.165, 1.54) is 43.6 Å². The summed E-state index contributed by atoms with van der Waals surface area (Å²) in [7, 11) is 2.08. The molecule has 1 aliphatic carbocycles. The van der Waals surface area contributed by atoms with Gasteiger partial charge in [0, 0.05) is 38.3 Å². The predicted molar refractivity (Wildman–Crippen MR) is 127 cm³/mol. The number of rotatable bonds is 5. The van der Waals surface area contributed by atoms with Gasteiger partial charge < -0.3 is 20.4 Å². The Morgan fingerprint density at radius 1 is 1.13 bits per heavy atom. The highest BCUT2D eigenvalue weighted by atomic mass is 32.1. The van der Waals surface area contributed by atoms with Gasteiger partial charge in [-0.05, 0) is 42.9 Å². The van der Waals surface area contributed by atoms with Crippen molar-refractivity contribution in [3.05, 3.63) is 23.2 Å². The maximum atomic E-state index is 12.8. The van der Waals surface area contributed by atoms with Gasteiger partial charge in [-0.2, -0.15) is 9.36 Å². The number of likely N-dealkylation sites (N-methyl/N-ethyl adjacent to an activating group) is 1. The topological polar surface area (TPSA) is 86.3 Å². The average molecular weight is 458 g/mol. The number of carbonyl (C=O) groups is 1. The molecule has 0 radical (unpaired) electrons. The Kier molecular flexibility index (Phi) is 6.02. The van der Waals surface area contributed by atoms with Crippen LogP contribution in [0.1, 0.15) is 42.6 Å². The lowest BCUT2D eigenvalue weighted by Gasteiger charge is -2.31. The maximum absolute atomic E-state index is 12.8. The first-order valence-corrected chi connectivity index (χ1v) is 12.5. The fourth-order valence-corrected chi connectivity index (χ4v) is 5.59. The molecule has 0 aromatic carbocycles. The number of hydrogen-bond acceptors (Lipinski definition) is 9. The van der Waals surface area contributed by atoms with E-state index < -0.39 is 0 Å². The summed E-state index contributed by atoms with van der Waals surface area (Å²) in [5.41, 5.74) is 1.41. The van der Waals surface area contributed by atoms with Crippen molar-refractivity contribution in [3.8, 4) is 0 Å². The highest BCUT2D eigenvalue weighted by molar-refractivity contribution is 7.17. The fraction of sp³-hybridized carbons (Fsp3) is 0.524. The minimum absolute atomic E-state index is 0.00809. The third kappa shape index (κ3) is 4.65. The molecule has 4 heterocycles. The van der Waals surface area contributed by atoms with Crippen LogP contribution in [0.4, 0.5) is 16.8 Å². The normalized spacial score (nSPS) is 18.4. The first kappa shape index (κ1) is 20.6. The quantitative estimate of drug-likeness (QED) is 0.598. The minimum atomic E-state index is -0.00809. The molecule has 5 rings (SSSR count). The zero-order chi connectivity index (χ0) is 21.2. The van der Waals surface area contributed by atoms with Crippen molar-refractivity contribution >= 4 is 55.8 Å². The number of thiophene rings is 1.